The van der Waals surface area contributed by atoms with E-state index in [9.17, 15) is 4.79 Å². The first-order valence-electron chi connectivity index (χ1n) is 4.60. The lowest BCUT2D eigenvalue weighted by atomic mass is 10.1. The van der Waals surface area contributed by atoms with Crippen molar-refractivity contribution in [2.24, 2.45) is 0 Å². The molecule has 0 aliphatic rings. The van der Waals surface area contributed by atoms with E-state index >= 15 is 0 Å². The van der Waals surface area contributed by atoms with Crippen LogP contribution in [0.3, 0.4) is 0 Å². The average molecular weight is 186 g/mol. The Balaban J connectivity index is 3.55. The van der Waals surface area contributed by atoms with Crippen LogP contribution in [0.4, 0.5) is 0 Å². The van der Waals surface area contributed by atoms with Crippen molar-refractivity contribution in [2.75, 3.05) is 6.61 Å². The molecule has 0 saturated carbocycles. The average Bonchev–Trinajstić information content (AvgIpc) is 2.04. The molecule has 13 heavy (non-hydrogen) atoms. The molecule has 0 aromatic rings. The molecule has 0 aliphatic heterocycles. The van der Waals surface area contributed by atoms with Gasteiger partial charge in [0.1, 0.15) is 0 Å². The van der Waals surface area contributed by atoms with E-state index in [0.29, 0.717) is 13.0 Å². The predicted molar refractivity (Wildman–Crippen MR) is 51.7 cm³/mol. The largest absolute Gasteiger partial charge is 0.478 e. The zero-order valence-electron chi connectivity index (χ0n) is 8.38. The second kappa shape index (κ2) is 6.66. The lowest BCUT2D eigenvalue weighted by Gasteiger charge is -2.12. The van der Waals surface area contributed by atoms with Gasteiger partial charge < -0.3 is 9.84 Å². The summed E-state index contributed by atoms with van der Waals surface area (Å²) < 4.78 is 5.38. The maximum absolute atomic E-state index is 10.4. The molecule has 0 aromatic carbocycles. The molecule has 3 heteroatoms. The van der Waals surface area contributed by atoms with Gasteiger partial charge in [-0.1, -0.05) is 19.9 Å². The highest BCUT2D eigenvalue weighted by Crippen LogP contribution is 2.07. The summed E-state index contributed by atoms with van der Waals surface area (Å²) >= 11 is 0. The van der Waals surface area contributed by atoms with Crippen LogP contribution in [0, 0.1) is 0 Å². The number of carbonyl (C=O) groups is 1. The molecule has 0 amide bonds. The minimum atomic E-state index is -0.939. The summed E-state index contributed by atoms with van der Waals surface area (Å²) in [6.07, 6.45) is 2.46. The Hall–Kier alpha value is -0.830. The van der Waals surface area contributed by atoms with Crippen molar-refractivity contribution in [3.63, 3.8) is 0 Å². The Bertz CT molecular complexity index is 175. The summed E-state index contributed by atoms with van der Waals surface area (Å²) in [6.45, 7) is 8.09. The number of hydrogen-bond donors (Lipinski definition) is 1. The molecule has 0 spiro atoms. The Morgan fingerprint density at radius 2 is 2.23 bits per heavy atom. The van der Waals surface area contributed by atoms with Gasteiger partial charge in [-0.15, -0.1) is 0 Å². The van der Waals surface area contributed by atoms with E-state index in [1.54, 1.807) is 0 Å². The third-order valence-corrected chi connectivity index (χ3v) is 1.74. The van der Waals surface area contributed by atoms with Crippen molar-refractivity contribution in [3.05, 3.63) is 12.2 Å². The quantitative estimate of drug-likeness (QED) is 0.490. The number of ether oxygens (including phenoxy) is 1. The second-order valence-corrected chi connectivity index (χ2v) is 3.15. The Morgan fingerprint density at radius 1 is 1.62 bits per heavy atom. The number of aliphatic carboxylic acids is 1. The van der Waals surface area contributed by atoms with E-state index in [1.165, 1.54) is 0 Å². The van der Waals surface area contributed by atoms with E-state index < -0.39 is 5.97 Å². The molecule has 3 nitrogen and oxygen atoms in total. The fourth-order valence-electron chi connectivity index (χ4n) is 0.922. The molecule has 0 heterocycles. The topological polar surface area (TPSA) is 46.5 Å². The molecule has 0 fully saturated rings. The zero-order chi connectivity index (χ0) is 10.3. The van der Waals surface area contributed by atoms with Gasteiger partial charge >= 0.3 is 5.97 Å². The van der Waals surface area contributed by atoms with Gasteiger partial charge in [0.25, 0.3) is 0 Å². The summed E-state index contributed by atoms with van der Waals surface area (Å²) in [4.78, 5) is 10.4. The van der Waals surface area contributed by atoms with Crippen LogP contribution in [0.25, 0.3) is 0 Å². The fourth-order valence-corrected chi connectivity index (χ4v) is 0.922. The standard InChI is InChI=1S/C10H18O3/c1-4-5-6-13-9(3)7-8(2)10(11)12/h9H,2,4-7H2,1,3H3,(H,11,12). The van der Waals surface area contributed by atoms with Crippen LogP contribution in [0.2, 0.25) is 0 Å². The van der Waals surface area contributed by atoms with Gasteiger partial charge in [-0.2, -0.15) is 0 Å². The lowest BCUT2D eigenvalue weighted by molar-refractivity contribution is -0.133. The smallest absolute Gasteiger partial charge is 0.331 e. The molecule has 76 valence electrons. The molecule has 0 radical (unpaired) electrons. The molecular weight excluding hydrogens is 168 g/mol. The van der Waals surface area contributed by atoms with Crippen LogP contribution in [-0.4, -0.2) is 23.8 Å². The van der Waals surface area contributed by atoms with Crippen LogP contribution in [0.15, 0.2) is 12.2 Å². The third-order valence-electron chi connectivity index (χ3n) is 1.74. The van der Waals surface area contributed by atoms with Crippen LogP contribution in [-0.2, 0) is 9.53 Å². The first kappa shape index (κ1) is 12.2. The number of carboxylic acids is 1. The zero-order valence-corrected chi connectivity index (χ0v) is 8.38. The van der Waals surface area contributed by atoms with Crippen LogP contribution in [0.1, 0.15) is 33.1 Å². The van der Waals surface area contributed by atoms with Gasteiger partial charge in [0.15, 0.2) is 0 Å². The molecular formula is C10H18O3. The first-order chi connectivity index (χ1) is 6.07. The van der Waals surface area contributed by atoms with Gasteiger partial charge in [-0.25, -0.2) is 4.79 Å². The van der Waals surface area contributed by atoms with Gasteiger partial charge in [-0.3, -0.25) is 0 Å². The third kappa shape index (κ3) is 6.34. The Kier molecular flexibility index (Phi) is 6.24. The molecule has 0 aromatic heterocycles. The van der Waals surface area contributed by atoms with Crippen LogP contribution < -0.4 is 0 Å². The summed E-state index contributed by atoms with van der Waals surface area (Å²) in [6, 6.07) is 0. The SMILES string of the molecule is C=C(CC(C)OCCCC)C(=O)O. The highest BCUT2D eigenvalue weighted by molar-refractivity contribution is 5.85. The van der Waals surface area contributed by atoms with Crippen molar-refractivity contribution < 1.29 is 14.6 Å². The van der Waals surface area contributed by atoms with Crippen molar-refractivity contribution in [2.45, 2.75) is 39.2 Å². The fraction of sp³-hybridized carbons (Fsp3) is 0.700. The summed E-state index contributed by atoms with van der Waals surface area (Å²) in [5, 5.41) is 8.55. The van der Waals surface area contributed by atoms with E-state index in [0.717, 1.165) is 12.8 Å². The summed E-state index contributed by atoms with van der Waals surface area (Å²) in [7, 11) is 0. The van der Waals surface area contributed by atoms with E-state index in [-0.39, 0.29) is 11.7 Å². The Morgan fingerprint density at radius 3 is 2.69 bits per heavy atom. The molecule has 1 unspecified atom stereocenters. The predicted octanol–water partition coefficient (Wildman–Crippen LogP) is 2.22. The maximum Gasteiger partial charge on any atom is 0.331 e. The molecule has 0 saturated heterocycles. The number of rotatable bonds is 7. The van der Waals surface area contributed by atoms with Gasteiger partial charge in [-0.05, 0) is 13.3 Å². The minimum Gasteiger partial charge on any atom is -0.478 e. The van der Waals surface area contributed by atoms with Crippen LogP contribution in [0.5, 0.6) is 0 Å². The second-order valence-electron chi connectivity index (χ2n) is 3.15. The Labute approximate surface area is 79.4 Å². The van der Waals surface area contributed by atoms with E-state index in [2.05, 4.69) is 13.5 Å². The molecule has 0 rings (SSSR count). The van der Waals surface area contributed by atoms with Crippen molar-refractivity contribution >= 4 is 5.97 Å². The highest BCUT2D eigenvalue weighted by Gasteiger charge is 2.09. The summed E-state index contributed by atoms with van der Waals surface area (Å²) in [5.41, 5.74) is 0.212. The highest BCUT2D eigenvalue weighted by atomic mass is 16.5. The van der Waals surface area contributed by atoms with Crippen molar-refractivity contribution in [3.8, 4) is 0 Å². The lowest BCUT2D eigenvalue weighted by Crippen LogP contribution is -2.13. The van der Waals surface area contributed by atoms with Gasteiger partial charge in [0.05, 0.1) is 6.10 Å². The molecule has 0 bridgehead atoms. The van der Waals surface area contributed by atoms with Gasteiger partial charge in [0, 0.05) is 18.6 Å². The minimum absolute atomic E-state index is 0.0462. The van der Waals surface area contributed by atoms with E-state index in [1.807, 2.05) is 6.92 Å². The number of hydrogen-bond acceptors (Lipinski definition) is 2. The first-order valence-corrected chi connectivity index (χ1v) is 4.60. The normalized spacial score (nSPS) is 12.5. The molecule has 1 atom stereocenters. The van der Waals surface area contributed by atoms with Crippen molar-refractivity contribution in [1.29, 1.82) is 0 Å². The van der Waals surface area contributed by atoms with E-state index in [4.69, 9.17) is 9.84 Å². The number of carboxylic acid groups (broad SMARTS) is 1. The van der Waals surface area contributed by atoms with Gasteiger partial charge in [0.2, 0.25) is 0 Å². The number of unbranched alkanes of at least 4 members (excludes halogenated alkanes) is 1. The maximum atomic E-state index is 10.4. The van der Waals surface area contributed by atoms with Crippen molar-refractivity contribution in [1.82, 2.24) is 0 Å². The van der Waals surface area contributed by atoms with Crippen LogP contribution >= 0.6 is 0 Å². The molecule has 0 aliphatic carbocycles. The monoisotopic (exact) mass is 186 g/mol. The summed E-state index contributed by atoms with van der Waals surface area (Å²) in [5.74, 6) is -0.939. The molecule has 1 N–H and O–H groups in total.